The Morgan fingerprint density at radius 3 is 2.69 bits per heavy atom. The molecule has 0 bridgehead atoms. The van der Waals surface area contributed by atoms with E-state index in [2.05, 4.69) is 10.0 Å². The van der Waals surface area contributed by atoms with E-state index in [4.69, 9.17) is 10.1 Å². The highest BCUT2D eigenvalue weighted by molar-refractivity contribution is 7.99. The Kier molecular flexibility index (Phi) is 6.79. The van der Waals surface area contributed by atoms with Gasteiger partial charge in [0.1, 0.15) is 0 Å². The van der Waals surface area contributed by atoms with Crippen molar-refractivity contribution >= 4 is 21.9 Å². The molecule has 0 amide bonds. The number of hydrogen-bond acceptors (Lipinski definition) is 4. The SMILES string of the molecule is [N-]=[N+]=NCCSCCCS(=O)(=O)O. The molecule has 0 fully saturated rings. The van der Waals surface area contributed by atoms with Gasteiger partial charge in [-0.25, -0.2) is 0 Å². The third kappa shape index (κ3) is 11.6. The van der Waals surface area contributed by atoms with Crippen LogP contribution >= 0.6 is 11.8 Å². The van der Waals surface area contributed by atoms with Gasteiger partial charge in [-0.15, -0.1) is 0 Å². The first kappa shape index (κ1) is 12.6. The number of nitrogens with zero attached hydrogens (tertiary/aromatic N) is 3. The molecule has 0 aromatic rings. The van der Waals surface area contributed by atoms with Gasteiger partial charge in [-0.3, -0.25) is 4.55 Å². The smallest absolute Gasteiger partial charge is 0.264 e. The van der Waals surface area contributed by atoms with Crippen molar-refractivity contribution in [2.24, 2.45) is 5.11 Å². The third-order valence-corrected chi connectivity index (χ3v) is 2.94. The van der Waals surface area contributed by atoms with Gasteiger partial charge in [0.15, 0.2) is 0 Å². The number of rotatable bonds is 7. The lowest BCUT2D eigenvalue weighted by Gasteiger charge is -1.97. The first-order valence-electron chi connectivity index (χ1n) is 3.60. The maximum Gasteiger partial charge on any atom is 0.264 e. The normalized spacial score (nSPS) is 10.8. The summed E-state index contributed by atoms with van der Waals surface area (Å²) in [5.74, 6) is 1.11. The third-order valence-electron chi connectivity index (χ3n) is 1.09. The van der Waals surface area contributed by atoms with Gasteiger partial charge in [0, 0.05) is 11.5 Å². The van der Waals surface area contributed by atoms with Crippen LogP contribution in [0.2, 0.25) is 0 Å². The Morgan fingerprint density at radius 1 is 1.46 bits per heavy atom. The minimum atomic E-state index is -3.82. The van der Waals surface area contributed by atoms with Crippen LogP contribution in [-0.2, 0) is 10.1 Å². The van der Waals surface area contributed by atoms with Crippen molar-refractivity contribution in [3.63, 3.8) is 0 Å². The molecule has 0 saturated heterocycles. The van der Waals surface area contributed by atoms with Crippen molar-refractivity contribution < 1.29 is 13.0 Å². The molecule has 0 aliphatic carbocycles. The second kappa shape index (κ2) is 7.02. The quantitative estimate of drug-likeness (QED) is 0.232. The Labute approximate surface area is 81.1 Å². The van der Waals surface area contributed by atoms with Crippen molar-refractivity contribution in [2.75, 3.05) is 23.8 Å². The van der Waals surface area contributed by atoms with Crippen LogP contribution in [0.4, 0.5) is 0 Å². The Hall–Kier alpha value is -0.430. The molecule has 0 rings (SSSR count). The van der Waals surface area contributed by atoms with E-state index < -0.39 is 10.1 Å². The molecule has 0 unspecified atom stereocenters. The average Bonchev–Trinajstić information content (AvgIpc) is 2.01. The predicted octanol–water partition coefficient (Wildman–Crippen LogP) is 1.31. The second-order valence-corrected chi connectivity index (χ2v) is 5.00. The fourth-order valence-electron chi connectivity index (χ4n) is 0.596. The van der Waals surface area contributed by atoms with Crippen LogP contribution in [-0.4, -0.2) is 36.8 Å². The molecule has 0 radical (unpaired) electrons. The monoisotopic (exact) mass is 225 g/mol. The summed E-state index contributed by atoms with van der Waals surface area (Å²) < 4.78 is 28.8. The zero-order chi connectivity index (χ0) is 10.2. The fourth-order valence-corrected chi connectivity index (χ4v) is 2.05. The van der Waals surface area contributed by atoms with Crippen LogP contribution in [0.1, 0.15) is 6.42 Å². The highest BCUT2D eigenvalue weighted by atomic mass is 32.2. The van der Waals surface area contributed by atoms with E-state index in [0.717, 1.165) is 0 Å². The van der Waals surface area contributed by atoms with Gasteiger partial charge in [-0.05, 0) is 23.5 Å². The fraction of sp³-hybridized carbons (Fsp3) is 1.00. The largest absolute Gasteiger partial charge is 0.286 e. The second-order valence-electron chi connectivity index (χ2n) is 2.21. The van der Waals surface area contributed by atoms with Gasteiger partial charge in [0.05, 0.1) is 5.75 Å². The molecule has 8 heteroatoms. The molecular formula is C5H11N3O3S2. The van der Waals surface area contributed by atoms with Crippen LogP contribution in [0.25, 0.3) is 10.4 Å². The zero-order valence-corrected chi connectivity index (χ0v) is 8.59. The Bertz CT molecular complexity index is 271. The topological polar surface area (TPSA) is 103 Å². The summed E-state index contributed by atoms with van der Waals surface area (Å²) in [6.45, 7) is 0.410. The van der Waals surface area contributed by atoms with Gasteiger partial charge in [-0.2, -0.15) is 20.2 Å². The molecule has 0 aromatic heterocycles. The van der Waals surface area contributed by atoms with Crippen LogP contribution in [0, 0.1) is 0 Å². The molecule has 13 heavy (non-hydrogen) atoms. The van der Waals surface area contributed by atoms with E-state index in [9.17, 15) is 8.42 Å². The van der Waals surface area contributed by atoms with E-state index in [1.165, 1.54) is 11.8 Å². The minimum Gasteiger partial charge on any atom is -0.286 e. The summed E-state index contributed by atoms with van der Waals surface area (Å²) in [5, 5.41) is 3.31. The molecule has 0 aliphatic rings. The molecule has 0 spiro atoms. The summed E-state index contributed by atoms with van der Waals surface area (Å²) in [4.78, 5) is 2.57. The number of thioether (sulfide) groups is 1. The molecule has 1 N–H and O–H groups in total. The molecule has 0 heterocycles. The van der Waals surface area contributed by atoms with Gasteiger partial charge >= 0.3 is 0 Å². The molecule has 0 aromatic carbocycles. The highest BCUT2D eigenvalue weighted by Gasteiger charge is 2.02. The van der Waals surface area contributed by atoms with Crippen molar-refractivity contribution in [1.29, 1.82) is 0 Å². The molecule has 0 saturated carbocycles. The maximum absolute atomic E-state index is 10.2. The standard InChI is InChI=1S/C5H11N3O3S2/c6-8-7-2-4-12-3-1-5-13(9,10)11/h1-5H2,(H,9,10,11). The van der Waals surface area contributed by atoms with Crippen molar-refractivity contribution in [3.8, 4) is 0 Å². The number of azide groups is 1. The maximum atomic E-state index is 10.2. The van der Waals surface area contributed by atoms with Gasteiger partial charge in [0.25, 0.3) is 10.1 Å². The summed E-state index contributed by atoms with van der Waals surface area (Å²) in [6.07, 6.45) is 0.416. The lowest BCUT2D eigenvalue weighted by atomic mass is 10.6. The van der Waals surface area contributed by atoms with E-state index in [-0.39, 0.29) is 5.75 Å². The van der Waals surface area contributed by atoms with E-state index in [1.54, 1.807) is 0 Å². The highest BCUT2D eigenvalue weighted by Crippen LogP contribution is 2.03. The first-order valence-corrected chi connectivity index (χ1v) is 6.36. The summed E-state index contributed by atoms with van der Waals surface area (Å²) in [7, 11) is -3.82. The van der Waals surface area contributed by atoms with E-state index in [1.807, 2.05) is 0 Å². The lowest BCUT2D eigenvalue weighted by Crippen LogP contribution is -2.04. The molecule has 0 atom stereocenters. The number of hydrogen-bond donors (Lipinski definition) is 1. The molecular weight excluding hydrogens is 214 g/mol. The van der Waals surface area contributed by atoms with E-state index >= 15 is 0 Å². The van der Waals surface area contributed by atoms with Crippen LogP contribution in [0.15, 0.2) is 5.11 Å². The Balaban J connectivity index is 3.22. The van der Waals surface area contributed by atoms with Crippen LogP contribution < -0.4 is 0 Å². The molecule has 6 nitrogen and oxygen atoms in total. The zero-order valence-electron chi connectivity index (χ0n) is 6.96. The van der Waals surface area contributed by atoms with Crippen LogP contribution in [0.3, 0.4) is 0 Å². The van der Waals surface area contributed by atoms with E-state index in [0.29, 0.717) is 24.5 Å². The van der Waals surface area contributed by atoms with Gasteiger partial charge in [-0.1, -0.05) is 5.11 Å². The van der Waals surface area contributed by atoms with Gasteiger partial charge < -0.3 is 0 Å². The average molecular weight is 225 g/mol. The van der Waals surface area contributed by atoms with Crippen LogP contribution in [0.5, 0.6) is 0 Å². The minimum absolute atomic E-state index is 0.207. The first-order chi connectivity index (χ1) is 6.06. The van der Waals surface area contributed by atoms with Crippen molar-refractivity contribution in [2.45, 2.75) is 6.42 Å². The predicted molar refractivity (Wildman–Crippen MR) is 52.4 cm³/mol. The Morgan fingerprint density at radius 2 is 2.15 bits per heavy atom. The van der Waals surface area contributed by atoms with Crippen molar-refractivity contribution in [1.82, 2.24) is 0 Å². The summed E-state index contributed by atoms with van der Waals surface area (Å²) in [6, 6.07) is 0. The lowest BCUT2D eigenvalue weighted by molar-refractivity contribution is 0.482. The molecule has 76 valence electrons. The summed E-state index contributed by atoms with van der Waals surface area (Å²) in [5.41, 5.74) is 7.91. The summed E-state index contributed by atoms with van der Waals surface area (Å²) >= 11 is 1.49. The van der Waals surface area contributed by atoms with Gasteiger partial charge in [0.2, 0.25) is 0 Å². The van der Waals surface area contributed by atoms with Crippen molar-refractivity contribution in [3.05, 3.63) is 10.4 Å². The molecule has 0 aliphatic heterocycles.